The fraction of sp³-hybridized carbons (Fsp3) is 0.219. The summed E-state index contributed by atoms with van der Waals surface area (Å²) in [5.41, 5.74) is 5.16. The Kier molecular flexibility index (Phi) is 9.35. The number of carbonyl (C=O) groups is 3. The van der Waals surface area contributed by atoms with E-state index in [1.807, 2.05) is 78.9 Å². The number of hydrogen-bond donors (Lipinski definition) is 1. The molecule has 4 rings (SSSR count). The van der Waals surface area contributed by atoms with Gasteiger partial charge in [0, 0.05) is 12.0 Å². The summed E-state index contributed by atoms with van der Waals surface area (Å²) in [6.07, 6.45) is 0.390. The molecule has 0 aliphatic heterocycles. The number of nitrogens with zero attached hydrogens (tertiary/aromatic N) is 2. The Morgan fingerprint density at radius 2 is 1.48 bits per heavy atom. The number of aromatic nitrogens is 2. The number of hydrogen-bond acceptors (Lipinski definition) is 7. The molecule has 3 aromatic carbocycles. The molecule has 40 heavy (non-hydrogen) atoms. The minimum atomic E-state index is -0.549. The van der Waals surface area contributed by atoms with E-state index < -0.39 is 11.9 Å². The van der Waals surface area contributed by atoms with Crippen molar-refractivity contribution in [1.82, 2.24) is 15.3 Å². The van der Waals surface area contributed by atoms with E-state index in [1.54, 1.807) is 20.8 Å². The van der Waals surface area contributed by atoms with Crippen molar-refractivity contribution in [3.63, 3.8) is 0 Å². The first-order chi connectivity index (χ1) is 19.3. The third-order valence-electron chi connectivity index (χ3n) is 6.16. The second-order valence-electron chi connectivity index (χ2n) is 9.17. The van der Waals surface area contributed by atoms with E-state index in [9.17, 15) is 14.4 Å². The number of ether oxygens (including phenoxy) is 2. The van der Waals surface area contributed by atoms with Crippen LogP contribution >= 0.6 is 0 Å². The van der Waals surface area contributed by atoms with E-state index in [-0.39, 0.29) is 37.0 Å². The minimum absolute atomic E-state index is 0.0302. The summed E-state index contributed by atoms with van der Waals surface area (Å²) in [6.45, 7) is 5.19. The van der Waals surface area contributed by atoms with Crippen LogP contribution in [0.5, 0.6) is 5.75 Å². The average molecular weight is 538 g/mol. The van der Waals surface area contributed by atoms with Gasteiger partial charge >= 0.3 is 5.97 Å². The van der Waals surface area contributed by atoms with Crippen molar-refractivity contribution >= 4 is 17.7 Å². The van der Waals surface area contributed by atoms with Gasteiger partial charge in [0.2, 0.25) is 0 Å². The van der Waals surface area contributed by atoms with Gasteiger partial charge in [0.05, 0.1) is 12.3 Å². The third-order valence-corrected chi connectivity index (χ3v) is 6.16. The molecule has 8 heteroatoms. The molecule has 0 saturated heterocycles. The Labute approximate surface area is 233 Å². The van der Waals surface area contributed by atoms with Crippen LogP contribution in [-0.4, -0.2) is 40.8 Å². The summed E-state index contributed by atoms with van der Waals surface area (Å²) < 4.78 is 10.9. The molecule has 4 aromatic rings. The molecule has 1 heterocycles. The van der Waals surface area contributed by atoms with Crippen molar-refractivity contribution in [2.75, 3.05) is 13.2 Å². The van der Waals surface area contributed by atoms with Crippen LogP contribution in [0.1, 0.15) is 57.3 Å². The highest BCUT2D eigenvalue weighted by molar-refractivity contribution is 5.97. The molecule has 8 nitrogen and oxygen atoms in total. The highest BCUT2D eigenvalue weighted by Gasteiger charge is 2.21. The predicted octanol–water partition coefficient (Wildman–Crippen LogP) is 5.12. The Hall–Kier alpha value is -4.85. The number of benzene rings is 3. The van der Waals surface area contributed by atoms with Crippen molar-refractivity contribution in [3.8, 4) is 16.9 Å². The summed E-state index contributed by atoms with van der Waals surface area (Å²) in [6, 6.07) is 25.0. The molecule has 0 fully saturated rings. The molecule has 0 aliphatic rings. The lowest BCUT2D eigenvalue weighted by Gasteiger charge is -2.15. The standard InChI is InChI=1S/C32H31N3O5/c1-4-39-29(37)19-33-32(38)30-31(40-20-24-8-6-5-7-9-24)21(2)34-28(35-30)18-23-10-12-26(13-11-23)27-16-14-25(15-17-27)22(3)36/h5-17H,4,18-20H2,1-3H3,(H,33,38). The third kappa shape index (κ3) is 7.38. The fourth-order valence-electron chi connectivity index (χ4n) is 4.10. The fourth-order valence-corrected chi connectivity index (χ4v) is 4.10. The predicted molar refractivity (Wildman–Crippen MR) is 151 cm³/mol. The van der Waals surface area contributed by atoms with Gasteiger partial charge < -0.3 is 14.8 Å². The van der Waals surface area contributed by atoms with Crippen molar-refractivity contribution in [1.29, 1.82) is 0 Å². The molecule has 0 unspecified atom stereocenters. The van der Waals surface area contributed by atoms with Crippen molar-refractivity contribution in [3.05, 3.63) is 113 Å². The summed E-state index contributed by atoms with van der Waals surface area (Å²) in [7, 11) is 0. The second-order valence-corrected chi connectivity index (χ2v) is 9.17. The number of amides is 1. The molecule has 0 bridgehead atoms. The normalized spacial score (nSPS) is 10.6. The van der Waals surface area contributed by atoms with E-state index in [0.717, 1.165) is 22.3 Å². The van der Waals surface area contributed by atoms with Crippen LogP contribution in [0, 0.1) is 6.92 Å². The highest BCUT2D eigenvalue weighted by Crippen LogP contribution is 2.25. The van der Waals surface area contributed by atoms with Crippen LogP contribution < -0.4 is 10.1 Å². The van der Waals surface area contributed by atoms with Crippen LogP contribution in [0.3, 0.4) is 0 Å². The monoisotopic (exact) mass is 537 g/mol. The number of ketones is 1. The molecule has 1 amide bonds. The van der Waals surface area contributed by atoms with Crippen LogP contribution in [0.4, 0.5) is 0 Å². The largest absolute Gasteiger partial charge is 0.485 e. The van der Waals surface area contributed by atoms with Gasteiger partial charge in [-0.15, -0.1) is 0 Å². The van der Waals surface area contributed by atoms with Crippen LogP contribution in [0.15, 0.2) is 78.9 Å². The molecule has 0 saturated carbocycles. The topological polar surface area (TPSA) is 107 Å². The zero-order valence-corrected chi connectivity index (χ0v) is 22.8. The van der Waals surface area contributed by atoms with Crippen LogP contribution in [-0.2, 0) is 22.6 Å². The number of nitrogens with one attached hydrogen (secondary N) is 1. The number of aryl methyl sites for hydroxylation is 1. The zero-order chi connectivity index (χ0) is 28.5. The zero-order valence-electron chi connectivity index (χ0n) is 22.8. The van der Waals surface area contributed by atoms with E-state index in [4.69, 9.17) is 9.47 Å². The van der Waals surface area contributed by atoms with Crippen LogP contribution in [0.2, 0.25) is 0 Å². The molecular weight excluding hydrogens is 506 g/mol. The molecule has 1 N–H and O–H groups in total. The van der Waals surface area contributed by atoms with Crippen molar-refractivity contribution < 1.29 is 23.9 Å². The quantitative estimate of drug-likeness (QED) is 0.209. The van der Waals surface area contributed by atoms with Gasteiger partial charge in [-0.1, -0.05) is 78.9 Å². The molecule has 1 aromatic heterocycles. The van der Waals surface area contributed by atoms with Crippen molar-refractivity contribution in [2.24, 2.45) is 0 Å². The van der Waals surface area contributed by atoms with Crippen molar-refractivity contribution in [2.45, 2.75) is 33.8 Å². The lowest BCUT2D eigenvalue weighted by molar-refractivity contribution is -0.141. The maximum Gasteiger partial charge on any atom is 0.325 e. The van der Waals surface area contributed by atoms with Gasteiger partial charge in [-0.25, -0.2) is 9.97 Å². The van der Waals surface area contributed by atoms with Gasteiger partial charge in [-0.3, -0.25) is 14.4 Å². The summed E-state index contributed by atoms with van der Waals surface area (Å²) in [4.78, 5) is 45.6. The number of rotatable bonds is 11. The first-order valence-corrected chi connectivity index (χ1v) is 13.0. The first-order valence-electron chi connectivity index (χ1n) is 13.0. The highest BCUT2D eigenvalue weighted by atomic mass is 16.5. The lowest BCUT2D eigenvalue weighted by Crippen LogP contribution is -2.32. The molecule has 0 radical (unpaired) electrons. The molecule has 0 aliphatic carbocycles. The smallest absolute Gasteiger partial charge is 0.325 e. The molecule has 0 atom stereocenters. The number of Topliss-reactive ketones (excluding diaryl/α,β-unsaturated/α-hetero) is 1. The van der Waals surface area contributed by atoms with Gasteiger partial charge in [-0.2, -0.15) is 0 Å². The van der Waals surface area contributed by atoms with E-state index >= 15 is 0 Å². The SMILES string of the molecule is CCOC(=O)CNC(=O)c1nc(Cc2ccc(-c3ccc(C(C)=O)cc3)cc2)nc(C)c1OCc1ccccc1. The van der Waals surface area contributed by atoms with Gasteiger partial charge in [0.15, 0.2) is 17.2 Å². The molecule has 204 valence electrons. The van der Waals surface area contributed by atoms with Gasteiger partial charge in [0.1, 0.15) is 19.0 Å². The maximum absolute atomic E-state index is 13.1. The Bertz CT molecular complexity index is 1480. The van der Waals surface area contributed by atoms with Crippen LogP contribution in [0.25, 0.3) is 11.1 Å². The van der Waals surface area contributed by atoms with Gasteiger partial charge in [-0.05, 0) is 43.0 Å². The minimum Gasteiger partial charge on any atom is -0.485 e. The first kappa shape index (κ1) is 28.2. The summed E-state index contributed by atoms with van der Waals surface area (Å²) in [5.74, 6) is -0.345. The Balaban J connectivity index is 1.55. The Morgan fingerprint density at radius 3 is 2.10 bits per heavy atom. The lowest BCUT2D eigenvalue weighted by atomic mass is 10.0. The summed E-state index contributed by atoms with van der Waals surface area (Å²) >= 11 is 0. The second kappa shape index (κ2) is 13.3. The molecular formula is C32H31N3O5. The average Bonchev–Trinajstić information content (AvgIpc) is 2.96. The van der Waals surface area contributed by atoms with Gasteiger partial charge in [0.25, 0.3) is 5.91 Å². The Morgan fingerprint density at radius 1 is 0.825 bits per heavy atom. The van der Waals surface area contributed by atoms with E-state index in [0.29, 0.717) is 23.5 Å². The molecule has 0 spiro atoms. The number of esters is 1. The summed E-state index contributed by atoms with van der Waals surface area (Å²) in [5, 5.41) is 2.57. The maximum atomic E-state index is 13.1. The van der Waals surface area contributed by atoms with E-state index in [2.05, 4.69) is 15.3 Å². The van der Waals surface area contributed by atoms with E-state index in [1.165, 1.54) is 0 Å². The number of carbonyl (C=O) groups excluding carboxylic acids is 3.